The summed E-state index contributed by atoms with van der Waals surface area (Å²) in [5, 5.41) is 1.17. The average molecular weight is 290 g/mol. The maximum absolute atomic E-state index is 6.13. The molecule has 0 unspecified atom stereocenters. The third-order valence-corrected chi connectivity index (χ3v) is 6.00. The molecule has 3 heteroatoms. The summed E-state index contributed by atoms with van der Waals surface area (Å²) in [6, 6.07) is 10.3. The van der Waals surface area contributed by atoms with Crippen LogP contribution in [0.3, 0.4) is 0 Å². The van der Waals surface area contributed by atoms with E-state index >= 15 is 0 Å². The third kappa shape index (κ3) is 5.86. The van der Waals surface area contributed by atoms with E-state index in [1.165, 1.54) is 5.19 Å². The van der Waals surface area contributed by atoms with Crippen LogP contribution in [0.4, 0.5) is 0 Å². The van der Waals surface area contributed by atoms with Crippen molar-refractivity contribution in [2.24, 2.45) is 0 Å². The molecule has 0 aliphatic rings. The van der Waals surface area contributed by atoms with Crippen LogP contribution in [0.25, 0.3) is 0 Å². The molecule has 0 N–H and O–H groups in total. The lowest BCUT2D eigenvalue weighted by Crippen LogP contribution is -2.51. The summed E-state index contributed by atoms with van der Waals surface area (Å²) in [5.41, 5.74) is 2.27. The summed E-state index contributed by atoms with van der Waals surface area (Å²) in [6.45, 7) is 15.3. The molecule has 0 aliphatic carbocycles. The van der Waals surface area contributed by atoms with E-state index in [0.717, 1.165) is 24.0 Å². The van der Waals surface area contributed by atoms with E-state index in [2.05, 4.69) is 31.8 Å². The van der Waals surface area contributed by atoms with Gasteiger partial charge in [-0.25, -0.2) is 0 Å². The molecule has 1 aromatic rings. The molecular weight excluding hydrogens is 264 g/mol. The van der Waals surface area contributed by atoms with Crippen LogP contribution in [0.2, 0.25) is 6.55 Å². The first kappa shape index (κ1) is 16.9. The van der Waals surface area contributed by atoms with Crippen molar-refractivity contribution < 1.29 is 8.85 Å². The molecule has 0 saturated heterocycles. The van der Waals surface area contributed by atoms with Gasteiger partial charge in [-0.2, -0.15) is 0 Å². The second kappa shape index (κ2) is 8.20. The fraction of sp³-hybridized carbons (Fsp3) is 0.412. The molecule has 0 bridgehead atoms. The predicted molar refractivity (Wildman–Crippen MR) is 88.5 cm³/mol. The number of rotatable bonds is 9. The minimum absolute atomic E-state index is 0.667. The van der Waals surface area contributed by atoms with E-state index in [1.807, 2.05) is 32.0 Å². The lowest BCUT2D eigenvalue weighted by molar-refractivity contribution is 0.189. The first-order chi connectivity index (χ1) is 9.44. The van der Waals surface area contributed by atoms with Crippen molar-refractivity contribution in [2.45, 2.75) is 33.2 Å². The summed E-state index contributed by atoms with van der Waals surface area (Å²) in [5.74, 6) is 0. The van der Waals surface area contributed by atoms with Crippen LogP contribution in [0, 0.1) is 0 Å². The molecule has 20 heavy (non-hydrogen) atoms. The minimum Gasteiger partial charge on any atom is -0.391 e. The van der Waals surface area contributed by atoms with Crippen molar-refractivity contribution in [1.29, 1.82) is 0 Å². The highest BCUT2D eigenvalue weighted by Crippen LogP contribution is 2.12. The van der Waals surface area contributed by atoms with Gasteiger partial charge in [0.1, 0.15) is 0 Å². The fourth-order valence-electron chi connectivity index (χ4n) is 1.79. The minimum atomic E-state index is -2.34. The Morgan fingerprint density at radius 1 is 0.950 bits per heavy atom. The van der Waals surface area contributed by atoms with Gasteiger partial charge in [0.25, 0.3) is 0 Å². The van der Waals surface area contributed by atoms with Crippen LogP contribution in [0.5, 0.6) is 0 Å². The predicted octanol–water partition coefficient (Wildman–Crippen LogP) is 3.93. The lowest BCUT2D eigenvalue weighted by atomic mass is 10.3. The van der Waals surface area contributed by atoms with E-state index < -0.39 is 8.56 Å². The molecule has 0 aliphatic heterocycles. The molecule has 2 nitrogen and oxygen atoms in total. The van der Waals surface area contributed by atoms with Gasteiger partial charge in [0.15, 0.2) is 0 Å². The van der Waals surface area contributed by atoms with Gasteiger partial charge < -0.3 is 8.85 Å². The van der Waals surface area contributed by atoms with Crippen LogP contribution in [0.15, 0.2) is 54.6 Å². The zero-order valence-corrected chi connectivity index (χ0v) is 13.9. The van der Waals surface area contributed by atoms with E-state index in [0.29, 0.717) is 13.2 Å². The van der Waals surface area contributed by atoms with Crippen molar-refractivity contribution in [3.63, 3.8) is 0 Å². The van der Waals surface area contributed by atoms with E-state index in [4.69, 9.17) is 8.85 Å². The van der Waals surface area contributed by atoms with Crippen molar-refractivity contribution in [3.8, 4) is 0 Å². The highest BCUT2D eigenvalue weighted by molar-refractivity contribution is 6.79. The molecule has 110 valence electrons. The first-order valence-electron chi connectivity index (χ1n) is 7.06. The van der Waals surface area contributed by atoms with Crippen LogP contribution in [0.1, 0.15) is 26.7 Å². The standard InChI is InChI=1S/C17H26O2Si/c1-15(2)11-13-18-20(5,19-14-12-16(3)4)17-9-7-6-8-10-17/h6-10H,1,3,11-14H2,2,4-5H3. The molecule has 0 heterocycles. The summed E-state index contributed by atoms with van der Waals surface area (Å²) in [7, 11) is -2.34. The smallest absolute Gasteiger partial charge is 0.369 e. The largest absolute Gasteiger partial charge is 0.391 e. The Hall–Kier alpha value is -1.16. The Kier molecular flexibility index (Phi) is 6.92. The van der Waals surface area contributed by atoms with Crippen LogP contribution in [-0.4, -0.2) is 21.8 Å². The quantitative estimate of drug-likeness (QED) is 0.507. The Morgan fingerprint density at radius 2 is 1.40 bits per heavy atom. The van der Waals surface area contributed by atoms with Gasteiger partial charge in [0.05, 0.1) is 0 Å². The van der Waals surface area contributed by atoms with Gasteiger partial charge in [-0.1, -0.05) is 41.5 Å². The maximum atomic E-state index is 6.13. The average Bonchev–Trinajstić information content (AvgIpc) is 2.39. The Bertz CT molecular complexity index is 420. The summed E-state index contributed by atoms with van der Waals surface area (Å²) in [4.78, 5) is 0. The SMILES string of the molecule is C=C(C)CCO[Si](C)(OCCC(=C)C)c1ccccc1. The summed E-state index contributed by atoms with van der Waals surface area (Å²) < 4.78 is 12.3. The molecule has 0 aromatic heterocycles. The molecule has 0 spiro atoms. The second-order valence-corrected chi connectivity index (χ2v) is 8.47. The fourth-order valence-corrected chi connectivity index (χ4v) is 3.99. The topological polar surface area (TPSA) is 18.5 Å². The third-order valence-electron chi connectivity index (χ3n) is 3.11. The highest BCUT2D eigenvalue weighted by atomic mass is 28.4. The number of benzene rings is 1. The molecule has 1 rings (SSSR count). The maximum Gasteiger partial charge on any atom is 0.369 e. The van der Waals surface area contributed by atoms with Crippen LogP contribution >= 0.6 is 0 Å². The Morgan fingerprint density at radius 3 is 1.80 bits per heavy atom. The molecule has 0 atom stereocenters. The Labute approximate surface area is 124 Å². The van der Waals surface area contributed by atoms with Crippen LogP contribution in [-0.2, 0) is 8.85 Å². The Balaban J connectivity index is 2.71. The van der Waals surface area contributed by atoms with Gasteiger partial charge in [-0.05, 0) is 38.4 Å². The van der Waals surface area contributed by atoms with E-state index in [9.17, 15) is 0 Å². The monoisotopic (exact) mass is 290 g/mol. The molecular formula is C17H26O2Si. The van der Waals surface area contributed by atoms with Crippen LogP contribution < -0.4 is 5.19 Å². The second-order valence-electron chi connectivity index (χ2n) is 5.42. The van der Waals surface area contributed by atoms with Crippen molar-refractivity contribution in [1.82, 2.24) is 0 Å². The van der Waals surface area contributed by atoms with Gasteiger partial charge in [-0.15, -0.1) is 13.2 Å². The normalized spacial score (nSPS) is 11.3. The summed E-state index contributed by atoms with van der Waals surface area (Å²) in [6.07, 6.45) is 1.75. The van der Waals surface area contributed by atoms with E-state index in [1.54, 1.807) is 0 Å². The molecule has 0 radical (unpaired) electrons. The van der Waals surface area contributed by atoms with Gasteiger partial charge in [0, 0.05) is 13.2 Å². The molecule has 1 aromatic carbocycles. The van der Waals surface area contributed by atoms with Gasteiger partial charge in [-0.3, -0.25) is 0 Å². The van der Waals surface area contributed by atoms with E-state index in [-0.39, 0.29) is 0 Å². The molecule has 0 fully saturated rings. The van der Waals surface area contributed by atoms with Crippen molar-refractivity contribution >= 4 is 13.7 Å². The molecule has 0 saturated carbocycles. The lowest BCUT2D eigenvalue weighted by Gasteiger charge is -2.27. The first-order valence-corrected chi connectivity index (χ1v) is 9.38. The van der Waals surface area contributed by atoms with Crippen molar-refractivity contribution in [3.05, 3.63) is 54.6 Å². The van der Waals surface area contributed by atoms with Gasteiger partial charge >= 0.3 is 8.56 Å². The number of hydrogen-bond acceptors (Lipinski definition) is 2. The highest BCUT2D eigenvalue weighted by Gasteiger charge is 2.33. The zero-order valence-electron chi connectivity index (χ0n) is 12.9. The summed E-state index contributed by atoms with van der Waals surface area (Å²) >= 11 is 0. The number of hydrogen-bond donors (Lipinski definition) is 0. The zero-order chi connectivity index (χ0) is 15.0. The molecule has 0 amide bonds. The van der Waals surface area contributed by atoms with Crippen molar-refractivity contribution in [2.75, 3.05) is 13.2 Å². The van der Waals surface area contributed by atoms with Gasteiger partial charge in [0.2, 0.25) is 0 Å².